The van der Waals surface area contributed by atoms with E-state index in [2.05, 4.69) is 10.3 Å². The Morgan fingerprint density at radius 3 is 2.82 bits per heavy atom. The van der Waals surface area contributed by atoms with Crippen molar-refractivity contribution < 1.29 is 14.1 Å². The van der Waals surface area contributed by atoms with Crippen molar-refractivity contribution in [3.8, 4) is 0 Å². The minimum atomic E-state index is -0.484. The zero-order valence-corrected chi connectivity index (χ0v) is 13.3. The topological polar surface area (TPSA) is 98.3 Å². The molecule has 0 spiro atoms. The monoisotopic (exact) mass is 323 g/mol. The number of non-ortho nitro benzene ring substituents is 1. The smallest absolute Gasteiger partial charge is 0.271 e. The average Bonchev–Trinajstić information content (AvgIpc) is 2.86. The van der Waals surface area contributed by atoms with E-state index in [0.29, 0.717) is 22.2 Å². The zero-order chi connectivity index (χ0) is 16.3. The van der Waals surface area contributed by atoms with Gasteiger partial charge in [0.05, 0.1) is 10.7 Å². The maximum Gasteiger partial charge on any atom is 0.271 e. The highest BCUT2D eigenvalue weighted by Gasteiger charge is 2.15. The van der Waals surface area contributed by atoms with Gasteiger partial charge in [0.15, 0.2) is 5.58 Å². The number of benzene rings is 1. The van der Waals surface area contributed by atoms with Crippen LogP contribution in [0.3, 0.4) is 0 Å². The summed E-state index contributed by atoms with van der Waals surface area (Å²) in [5.74, 6) is 0.449. The first-order chi connectivity index (χ1) is 10.4. The number of nitrogens with one attached hydrogen (secondary N) is 1. The molecule has 0 radical (unpaired) electrons. The first-order valence-corrected chi connectivity index (χ1v) is 7.82. The van der Waals surface area contributed by atoms with Crippen LogP contribution in [0.1, 0.15) is 20.8 Å². The number of amides is 1. The third-order valence-electron chi connectivity index (χ3n) is 3.28. The molecule has 0 aliphatic carbocycles. The molecule has 1 aromatic heterocycles. The van der Waals surface area contributed by atoms with Gasteiger partial charge in [0.25, 0.3) is 10.9 Å². The lowest BCUT2D eigenvalue weighted by Crippen LogP contribution is -2.37. The summed E-state index contributed by atoms with van der Waals surface area (Å²) in [4.78, 5) is 26.2. The van der Waals surface area contributed by atoms with Crippen LogP contribution >= 0.6 is 11.8 Å². The number of oxazole rings is 1. The SMILES string of the molecule is CC(C)[C@@H](C)NC(=O)CSc1nc2cc([N+](=O)[O-])ccc2o1. The van der Waals surface area contributed by atoms with Crippen molar-refractivity contribution in [2.24, 2.45) is 5.92 Å². The molecule has 1 amide bonds. The van der Waals surface area contributed by atoms with Gasteiger partial charge in [-0.2, -0.15) is 0 Å². The van der Waals surface area contributed by atoms with Crippen LogP contribution in [0.5, 0.6) is 0 Å². The summed E-state index contributed by atoms with van der Waals surface area (Å²) >= 11 is 1.16. The lowest BCUT2D eigenvalue weighted by atomic mass is 10.1. The summed E-state index contributed by atoms with van der Waals surface area (Å²) in [6, 6.07) is 4.31. The lowest BCUT2D eigenvalue weighted by Gasteiger charge is -2.16. The highest BCUT2D eigenvalue weighted by Crippen LogP contribution is 2.26. The summed E-state index contributed by atoms with van der Waals surface area (Å²) in [6.45, 7) is 6.02. The second kappa shape index (κ2) is 6.78. The van der Waals surface area contributed by atoms with Gasteiger partial charge >= 0.3 is 0 Å². The minimum absolute atomic E-state index is 0.0409. The van der Waals surface area contributed by atoms with Gasteiger partial charge < -0.3 is 9.73 Å². The predicted octanol–water partition coefficient (Wildman–Crippen LogP) is 2.99. The average molecular weight is 323 g/mol. The van der Waals surface area contributed by atoms with E-state index >= 15 is 0 Å². The molecule has 0 aliphatic rings. The van der Waals surface area contributed by atoms with Crippen LogP contribution in [-0.4, -0.2) is 27.6 Å². The number of hydrogen-bond donors (Lipinski definition) is 1. The van der Waals surface area contributed by atoms with Gasteiger partial charge in [0.2, 0.25) is 5.91 Å². The minimum Gasteiger partial charge on any atom is -0.431 e. The van der Waals surface area contributed by atoms with Crippen molar-refractivity contribution in [1.29, 1.82) is 0 Å². The van der Waals surface area contributed by atoms with Crippen molar-refractivity contribution in [2.75, 3.05) is 5.75 Å². The van der Waals surface area contributed by atoms with Gasteiger partial charge in [-0.05, 0) is 18.9 Å². The van der Waals surface area contributed by atoms with E-state index in [0.717, 1.165) is 11.8 Å². The third kappa shape index (κ3) is 3.97. The van der Waals surface area contributed by atoms with Crippen molar-refractivity contribution in [2.45, 2.75) is 32.0 Å². The Balaban J connectivity index is 2.00. The molecule has 2 aromatic rings. The quantitative estimate of drug-likeness (QED) is 0.498. The molecule has 0 bridgehead atoms. The van der Waals surface area contributed by atoms with Crippen LogP contribution in [0.4, 0.5) is 5.69 Å². The molecule has 0 fully saturated rings. The fourth-order valence-corrected chi connectivity index (χ4v) is 2.31. The van der Waals surface area contributed by atoms with E-state index in [4.69, 9.17) is 4.42 Å². The van der Waals surface area contributed by atoms with Gasteiger partial charge in [-0.3, -0.25) is 14.9 Å². The fraction of sp³-hybridized carbons (Fsp3) is 0.429. The molecule has 2 rings (SSSR count). The highest BCUT2D eigenvalue weighted by atomic mass is 32.2. The summed E-state index contributed by atoms with van der Waals surface area (Å²) in [5.41, 5.74) is 0.831. The summed E-state index contributed by atoms with van der Waals surface area (Å²) < 4.78 is 5.45. The Kier molecular flexibility index (Phi) is 5.02. The van der Waals surface area contributed by atoms with E-state index < -0.39 is 4.92 Å². The Hall–Kier alpha value is -2.09. The number of fused-ring (bicyclic) bond motifs is 1. The predicted molar refractivity (Wildman–Crippen MR) is 83.8 cm³/mol. The number of nitro groups is 1. The van der Waals surface area contributed by atoms with E-state index in [1.807, 2.05) is 20.8 Å². The number of carbonyl (C=O) groups is 1. The molecule has 0 saturated carbocycles. The standard InChI is InChI=1S/C14H17N3O4S/c1-8(2)9(3)15-13(18)7-22-14-16-11-6-10(17(19)20)4-5-12(11)21-14/h4-6,8-9H,7H2,1-3H3,(H,15,18)/t9-/m1/s1. The lowest BCUT2D eigenvalue weighted by molar-refractivity contribution is -0.384. The molecule has 1 aromatic carbocycles. The maximum absolute atomic E-state index is 11.8. The molecule has 118 valence electrons. The van der Waals surface area contributed by atoms with Gasteiger partial charge in [-0.1, -0.05) is 25.6 Å². The molecule has 0 aliphatic heterocycles. The number of hydrogen-bond acceptors (Lipinski definition) is 6. The Morgan fingerprint density at radius 2 is 2.18 bits per heavy atom. The largest absolute Gasteiger partial charge is 0.431 e. The summed E-state index contributed by atoms with van der Waals surface area (Å²) in [6.07, 6.45) is 0. The van der Waals surface area contributed by atoms with Crippen LogP contribution in [0.2, 0.25) is 0 Å². The molecular weight excluding hydrogens is 306 g/mol. The first-order valence-electron chi connectivity index (χ1n) is 6.84. The Labute approximate surface area is 131 Å². The molecular formula is C14H17N3O4S. The van der Waals surface area contributed by atoms with Crippen LogP contribution in [0.25, 0.3) is 11.1 Å². The number of nitrogens with zero attached hydrogens (tertiary/aromatic N) is 2. The van der Waals surface area contributed by atoms with E-state index in [-0.39, 0.29) is 23.4 Å². The molecule has 7 nitrogen and oxygen atoms in total. The zero-order valence-electron chi connectivity index (χ0n) is 12.5. The second-order valence-electron chi connectivity index (χ2n) is 5.28. The number of rotatable bonds is 6. The summed E-state index contributed by atoms with van der Waals surface area (Å²) in [5, 5.41) is 13.9. The van der Waals surface area contributed by atoms with E-state index in [1.165, 1.54) is 18.2 Å². The number of carbonyl (C=O) groups excluding carboxylic acids is 1. The maximum atomic E-state index is 11.8. The first kappa shape index (κ1) is 16.3. The summed E-state index contributed by atoms with van der Waals surface area (Å²) in [7, 11) is 0. The van der Waals surface area contributed by atoms with Crippen LogP contribution < -0.4 is 5.32 Å². The van der Waals surface area contributed by atoms with Gasteiger partial charge in [-0.15, -0.1) is 0 Å². The Bertz CT molecular complexity index is 698. The van der Waals surface area contributed by atoms with Crippen molar-refractivity contribution in [1.82, 2.24) is 10.3 Å². The molecule has 1 heterocycles. The highest BCUT2D eigenvalue weighted by molar-refractivity contribution is 7.99. The van der Waals surface area contributed by atoms with Gasteiger partial charge in [0, 0.05) is 18.2 Å². The molecule has 0 unspecified atom stereocenters. The number of aromatic nitrogens is 1. The molecule has 8 heteroatoms. The normalized spacial score (nSPS) is 12.5. The van der Waals surface area contributed by atoms with Crippen LogP contribution in [0, 0.1) is 16.0 Å². The van der Waals surface area contributed by atoms with Crippen molar-refractivity contribution in [3.05, 3.63) is 28.3 Å². The molecule has 22 heavy (non-hydrogen) atoms. The molecule has 0 saturated heterocycles. The van der Waals surface area contributed by atoms with E-state index in [9.17, 15) is 14.9 Å². The van der Waals surface area contributed by atoms with Crippen LogP contribution in [-0.2, 0) is 4.79 Å². The second-order valence-corrected chi connectivity index (χ2v) is 6.20. The fourth-order valence-electron chi connectivity index (χ4n) is 1.66. The number of nitro benzene ring substituents is 1. The van der Waals surface area contributed by atoms with Crippen molar-refractivity contribution >= 4 is 34.5 Å². The van der Waals surface area contributed by atoms with Crippen molar-refractivity contribution in [3.63, 3.8) is 0 Å². The third-order valence-corrected chi connectivity index (χ3v) is 4.11. The van der Waals surface area contributed by atoms with Crippen LogP contribution in [0.15, 0.2) is 27.8 Å². The van der Waals surface area contributed by atoms with Gasteiger partial charge in [0.1, 0.15) is 5.52 Å². The van der Waals surface area contributed by atoms with Gasteiger partial charge in [-0.25, -0.2) is 4.98 Å². The Morgan fingerprint density at radius 1 is 1.45 bits per heavy atom. The number of thioether (sulfide) groups is 1. The molecule has 1 N–H and O–H groups in total. The molecule has 1 atom stereocenters. The van der Waals surface area contributed by atoms with E-state index in [1.54, 1.807) is 0 Å².